The molecule has 0 N–H and O–H groups in total. The van der Waals surface area contributed by atoms with Crippen LogP contribution in [0, 0.1) is 0 Å². The van der Waals surface area contributed by atoms with E-state index in [1.54, 1.807) is 47.9 Å². The van der Waals surface area contributed by atoms with Crippen molar-refractivity contribution in [1.82, 2.24) is 14.9 Å². The Morgan fingerprint density at radius 2 is 1.87 bits per heavy atom. The summed E-state index contributed by atoms with van der Waals surface area (Å²) in [6, 6.07) is 11.1. The molecule has 1 amide bonds. The predicted molar refractivity (Wildman–Crippen MR) is 121 cm³/mol. The molecule has 1 aromatic carbocycles. The Kier molecular flexibility index (Phi) is 8.01. The second-order valence-electron chi connectivity index (χ2n) is 6.71. The minimum Gasteiger partial charge on any atom is -0.491 e. The number of hydrogen-bond acceptors (Lipinski definition) is 5. The SMILES string of the molecule is CCOc1cc(/C=C/C(=O)N(Cc2ccncc2)Cc2cccnc2)cc(Cl)c1OC. The van der Waals surface area contributed by atoms with Gasteiger partial charge in [-0.05, 0) is 60.0 Å². The van der Waals surface area contributed by atoms with Crippen LogP contribution in [-0.4, -0.2) is 34.5 Å². The molecule has 0 fully saturated rings. The van der Waals surface area contributed by atoms with E-state index in [0.29, 0.717) is 36.2 Å². The van der Waals surface area contributed by atoms with Crippen LogP contribution in [0.25, 0.3) is 6.08 Å². The first kappa shape index (κ1) is 22.3. The summed E-state index contributed by atoms with van der Waals surface area (Å²) >= 11 is 6.32. The number of carbonyl (C=O) groups is 1. The van der Waals surface area contributed by atoms with Crippen LogP contribution in [0.2, 0.25) is 5.02 Å². The van der Waals surface area contributed by atoms with E-state index in [1.165, 1.54) is 13.2 Å². The molecule has 2 aromatic heterocycles. The fourth-order valence-corrected chi connectivity index (χ4v) is 3.35. The minimum absolute atomic E-state index is 0.134. The predicted octanol–water partition coefficient (Wildman–Crippen LogP) is 4.78. The van der Waals surface area contributed by atoms with Gasteiger partial charge in [-0.2, -0.15) is 0 Å². The van der Waals surface area contributed by atoms with Crippen molar-refractivity contribution in [2.45, 2.75) is 20.0 Å². The van der Waals surface area contributed by atoms with Gasteiger partial charge < -0.3 is 14.4 Å². The third-order valence-electron chi connectivity index (χ3n) is 4.48. The molecule has 31 heavy (non-hydrogen) atoms. The smallest absolute Gasteiger partial charge is 0.247 e. The van der Waals surface area contributed by atoms with Crippen molar-refractivity contribution in [2.75, 3.05) is 13.7 Å². The number of pyridine rings is 2. The number of nitrogens with zero attached hydrogens (tertiary/aromatic N) is 3. The van der Waals surface area contributed by atoms with Crippen molar-refractivity contribution >= 4 is 23.6 Å². The molecule has 3 rings (SSSR count). The topological polar surface area (TPSA) is 64.5 Å². The number of halogens is 1. The van der Waals surface area contributed by atoms with Crippen molar-refractivity contribution in [3.05, 3.63) is 89.0 Å². The Morgan fingerprint density at radius 1 is 1.10 bits per heavy atom. The van der Waals surface area contributed by atoms with E-state index in [0.717, 1.165) is 16.7 Å². The first-order chi connectivity index (χ1) is 15.1. The minimum atomic E-state index is -0.134. The van der Waals surface area contributed by atoms with Crippen LogP contribution in [-0.2, 0) is 17.9 Å². The van der Waals surface area contributed by atoms with Gasteiger partial charge in [-0.3, -0.25) is 14.8 Å². The average molecular weight is 438 g/mol. The van der Waals surface area contributed by atoms with Crippen molar-refractivity contribution in [3.8, 4) is 11.5 Å². The summed E-state index contributed by atoms with van der Waals surface area (Å²) in [5, 5.41) is 0.421. The first-order valence-electron chi connectivity index (χ1n) is 9.85. The van der Waals surface area contributed by atoms with Gasteiger partial charge in [0.1, 0.15) is 0 Å². The number of ether oxygens (including phenoxy) is 2. The van der Waals surface area contributed by atoms with Crippen LogP contribution in [0.3, 0.4) is 0 Å². The highest BCUT2D eigenvalue weighted by Gasteiger charge is 2.14. The zero-order valence-electron chi connectivity index (χ0n) is 17.5. The third kappa shape index (κ3) is 6.30. The fourth-order valence-electron chi connectivity index (χ4n) is 3.05. The second-order valence-corrected chi connectivity index (χ2v) is 7.12. The highest BCUT2D eigenvalue weighted by atomic mass is 35.5. The first-order valence-corrected chi connectivity index (χ1v) is 10.2. The van der Waals surface area contributed by atoms with Gasteiger partial charge in [-0.15, -0.1) is 0 Å². The van der Waals surface area contributed by atoms with E-state index in [4.69, 9.17) is 21.1 Å². The van der Waals surface area contributed by atoms with Crippen LogP contribution in [0.4, 0.5) is 0 Å². The summed E-state index contributed by atoms with van der Waals surface area (Å²) in [6.07, 6.45) is 10.2. The molecule has 0 saturated heterocycles. The molecule has 160 valence electrons. The van der Waals surface area contributed by atoms with Gasteiger partial charge in [-0.25, -0.2) is 0 Å². The number of hydrogen-bond donors (Lipinski definition) is 0. The Bertz CT molecular complexity index is 985. The molecular formula is C24H24ClN3O3. The van der Waals surface area contributed by atoms with Crippen LogP contribution >= 0.6 is 11.6 Å². The van der Waals surface area contributed by atoms with Gasteiger partial charge in [0.2, 0.25) is 5.91 Å². The zero-order chi connectivity index (χ0) is 22.1. The molecule has 0 spiro atoms. The molecule has 0 saturated carbocycles. The lowest BCUT2D eigenvalue weighted by Gasteiger charge is -2.21. The average Bonchev–Trinajstić information content (AvgIpc) is 2.78. The van der Waals surface area contributed by atoms with Crippen LogP contribution < -0.4 is 9.47 Å². The maximum atomic E-state index is 13.1. The molecule has 3 aromatic rings. The Labute approximate surface area is 187 Å². The van der Waals surface area contributed by atoms with Gasteiger partial charge in [0.15, 0.2) is 11.5 Å². The lowest BCUT2D eigenvalue weighted by Crippen LogP contribution is -2.28. The van der Waals surface area contributed by atoms with Crippen molar-refractivity contribution < 1.29 is 14.3 Å². The summed E-state index contributed by atoms with van der Waals surface area (Å²) in [6.45, 7) is 3.25. The Morgan fingerprint density at radius 3 is 2.55 bits per heavy atom. The molecule has 0 aliphatic heterocycles. The van der Waals surface area contributed by atoms with E-state index >= 15 is 0 Å². The second kappa shape index (κ2) is 11.1. The summed E-state index contributed by atoms with van der Waals surface area (Å²) in [5.74, 6) is 0.877. The molecular weight excluding hydrogens is 414 g/mol. The lowest BCUT2D eigenvalue weighted by molar-refractivity contribution is -0.127. The molecule has 7 heteroatoms. The summed E-state index contributed by atoms with van der Waals surface area (Å²) in [5.41, 5.74) is 2.68. The monoisotopic (exact) mass is 437 g/mol. The summed E-state index contributed by atoms with van der Waals surface area (Å²) in [7, 11) is 1.54. The fraction of sp³-hybridized carbons (Fsp3) is 0.208. The van der Waals surface area contributed by atoms with E-state index in [2.05, 4.69) is 9.97 Å². The molecule has 0 unspecified atom stereocenters. The van der Waals surface area contributed by atoms with Gasteiger partial charge in [-0.1, -0.05) is 17.7 Å². The summed E-state index contributed by atoms with van der Waals surface area (Å²) < 4.78 is 10.9. The van der Waals surface area contributed by atoms with E-state index in [1.807, 2.05) is 31.2 Å². The van der Waals surface area contributed by atoms with E-state index < -0.39 is 0 Å². The number of aromatic nitrogens is 2. The van der Waals surface area contributed by atoms with Crippen LogP contribution in [0.5, 0.6) is 11.5 Å². The van der Waals surface area contributed by atoms with Crippen molar-refractivity contribution in [3.63, 3.8) is 0 Å². The number of carbonyl (C=O) groups excluding carboxylic acids is 1. The normalized spacial score (nSPS) is 10.8. The van der Waals surface area contributed by atoms with E-state index in [-0.39, 0.29) is 5.91 Å². The largest absolute Gasteiger partial charge is 0.491 e. The van der Waals surface area contributed by atoms with Gasteiger partial charge in [0.05, 0.1) is 18.7 Å². The number of amides is 1. The molecule has 2 heterocycles. The van der Waals surface area contributed by atoms with E-state index in [9.17, 15) is 4.79 Å². The molecule has 0 atom stereocenters. The maximum Gasteiger partial charge on any atom is 0.247 e. The quantitative estimate of drug-likeness (QED) is 0.451. The molecule has 0 aliphatic rings. The maximum absolute atomic E-state index is 13.1. The van der Waals surface area contributed by atoms with Crippen LogP contribution in [0.15, 0.2) is 67.3 Å². The Hall–Kier alpha value is -3.38. The van der Waals surface area contributed by atoms with Crippen molar-refractivity contribution in [2.24, 2.45) is 0 Å². The molecule has 0 aliphatic carbocycles. The molecule has 0 radical (unpaired) electrons. The Balaban J connectivity index is 1.83. The number of benzene rings is 1. The molecule has 6 nitrogen and oxygen atoms in total. The van der Waals surface area contributed by atoms with Gasteiger partial charge in [0.25, 0.3) is 0 Å². The number of methoxy groups -OCH3 is 1. The van der Waals surface area contributed by atoms with Gasteiger partial charge in [0, 0.05) is 44.0 Å². The third-order valence-corrected chi connectivity index (χ3v) is 4.77. The highest BCUT2D eigenvalue weighted by molar-refractivity contribution is 6.32. The zero-order valence-corrected chi connectivity index (χ0v) is 18.2. The van der Waals surface area contributed by atoms with Gasteiger partial charge >= 0.3 is 0 Å². The number of rotatable bonds is 9. The van der Waals surface area contributed by atoms with Crippen molar-refractivity contribution in [1.29, 1.82) is 0 Å². The standard InChI is InChI=1S/C24H24ClN3O3/c1-3-31-22-14-19(13-21(25)24(22)30-2)6-7-23(29)28(16-18-8-11-26-12-9-18)17-20-5-4-10-27-15-20/h4-15H,3,16-17H2,1-2H3/b7-6+. The summed E-state index contributed by atoms with van der Waals surface area (Å²) in [4.78, 5) is 23.0. The lowest BCUT2D eigenvalue weighted by atomic mass is 10.1. The highest BCUT2D eigenvalue weighted by Crippen LogP contribution is 2.36. The van der Waals surface area contributed by atoms with Crippen LogP contribution in [0.1, 0.15) is 23.6 Å². The molecule has 0 bridgehead atoms.